The van der Waals surface area contributed by atoms with Crippen LogP contribution in [0.3, 0.4) is 0 Å². The maximum absolute atomic E-state index is 13.1. The summed E-state index contributed by atoms with van der Waals surface area (Å²) in [7, 11) is -9.93. The van der Waals surface area contributed by atoms with Crippen molar-refractivity contribution in [2.24, 2.45) is 17.8 Å². The van der Waals surface area contributed by atoms with Gasteiger partial charge in [0.1, 0.15) is 19.3 Å². The third-order valence-electron chi connectivity index (χ3n) is 20.0. The van der Waals surface area contributed by atoms with Crippen LogP contribution < -0.4 is 0 Å². The minimum absolute atomic E-state index is 0.105. The van der Waals surface area contributed by atoms with Crippen LogP contribution in [0.4, 0.5) is 0 Å². The number of phosphoric acid groups is 2. The number of unbranched alkanes of at least 4 members (excludes halogenated alkanes) is 49. The second-order valence-corrected chi connectivity index (χ2v) is 34.3. The molecule has 3 N–H and O–H groups in total. The number of ether oxygens (including phenoxy) is 4. The predicted octanol–water partition coefficient (Wildman–Crippen LogP) is 25.3. The standard InChI is InChI=1S/C84H164O17P2/c1-8-10-11-12-13-14-15-16-17-18-19-20-21-22-23-28-31-38-46-53-60-67-83(88)100-79(71-94-81(86)65-58-51-44-37-30-27-25-24-26-29-36-43-50-57-64-77(7)9-2)73-98-102(90,91)96-69-78(85)70-97-103(92,93)99-74-80(101-84(89)68-61-54-47-40-33-35-42-49-56-63-76(5)6)72-95-82(87)66-59-52-45-39-32-34-41-48-55-62-75(3)4/h75-80,85H,8-74H2,1-7H3,(H,90,91)(H,92,93)/t77?,78-,79-,80-/m1/s1. The number of phosphoric ester groups is 2. The van der Waals surface area contributed by atoms with E-state index < -0.39 is 97.5 Å². The number of aliphatic hydroxyl groups excluding tert-OH is 1. The average molecular weight is 1510 g/mol. The molecule has 0 bridgehead atoms. The molecule has 0 aromatic rings. The fourth-order valence-electron chi connectivity index (χ4n) is 13.0. The smallest absolute Gasteiger partial charge is 0.462 e. The Morgan fingerprint density at radius 2 is 0.495 bits per heavy atom. The maximum atomic E-state index is 13.1. The maximum Gasteiger partial charge on any atom is 0.472 e. The number of esters is 4. The molecule has 0 heterocycles. The number of carbonyl (C=O) groups excluding carboxylic acids is 4. The van der Waals surface area contributed by atoms with E-state index in [1.165, 1.54) is 250 Å². The minimum Gasteiger partial charge on any atom is -0.462 e. The Bertz CT molecular complexity index is 1990. The molecule has 0 aliphatic rings. The van der Waals surface area contributed by atoms with Crippen LogP contribution >= 0.6 is 15.6 Å². The molecular formula is C84H164O17P2. The molecule has 0 aromatic carbocycles. The van der Waals surface area contributed by atoms with Gasteiger partial charge in [-0.25, -0.2) is 9.13 Å². The van der Waals surface area contributed by atoms with Gasteiger partial charge in [-0.3, -0.25) is 37.3 Å². The molecule has 19 heteroatoms. The fourth-order valence-corrected chi connectivity index (χ4v) is 14.6. The Morgan fingerprint density at radius 1 is 0.282 bits per heavy atom. The monoisotopic (exact) mass is 1510 g/mol. The summed E-state index contributed by atoms with van der Waals surface area (Å²) >= 11 is 0. The lowest BCUT2D eigenvalue weighted by atomic mass is 9.99. The van der Waals surface area contributed by atoms with Crippen molar-refractivity contribution >= 4 is 39.5 Å². The van der Waals surface area contributed by atoms with Crippen LogP contribution in [0.1, 0.15) is 440 Å². The van der Waals surface area contributed by atoms with Gasteiger partial charge in [-0.05, 0) is 43.4 Å². The summed E-state index contributed by atoms with van der Waals surface area (Å²) in [6.07, 6.45) is 63.9. The number of carbonyl (C=O) groups is 4. The van der Waals surface area contributed by atoms with Crippen LogP contribution in [0.25, 0.3) is 0 Å². The van der Waals surface area contributed by atoms with Gasteiger partial charge in [0.25, 0.3) is 0 Å². The normalized spacial score (nSPS) is 14.2. The summed E-state index contributed by atoms with van der Waals surface area (Å²) in [6, 6.07) is 0. The molecule has 0 aliphatic carbocycles. The van der Waals surface area contributed by atoms with E-state index in [1.54, 1.807) is 0 Å². The Balaban J connectivity index is 5.24. The topological polar surface area (TPSA) is 237 Å². The molecule has 0 aromatic heterocycles. The quantitative estimate of drug-likeness (QED) is 0.0222. The van der Waals surface area contributed by atoms with Gasteiger partial charge in [0, 0.05) is 25.7 Å². The van der Waals surface area contributed by atoms with Gasteiger partial charge in [-0.1, -0.05) is 389 Å². The Labute approximate surface area is 632 Å². The Hall–Kier alpha value is -1.94. The van der Waals surface area contributed by atoms with E-state index in [0.29, 0.717) is 25.7 Å². The molecule has 0 aliphatic heterocycles. The second-order valence-electron chi connectivity index (χ2n) is 31.4. The van der Waals surface area contributed by atoms with Crippen molar-refractivity contribution in [1.29, 1.82) is 0 Å². The Morgan fingerprint density at radius 3 is 0.738 bits per heavy atom. The fraction of sp³-hybridized carbons (Fsp3) is 0.952. The van der Waals surface area contributed by atoms with E-state index in [4.69, 9.17) is 37.0 Å². The van der Waals surface area contributed by atoms with Crippen LogP contribution in [0, 0.1) is 17.8 Å². The highest BCUT2D eigenvalue weighted by molar-refractivity contribution is 7.47. The molecule has 0 radical (unpaired) electrons. The SMILES string of the molecule is CCCCCCCCCCCCCCCCCCCCCCCC(=O)O[C@H](COC(=O)CCCCCCCCCCCCCCCCC(C)CC)COP(=O)(O)OC[C@@H](O)COP(=O)(O)OC[C@@H](COC(=O)CCCCCCCCCCCC(C)C)OC(=O)CCCCCCCCCCCC(C)C. The first-order chi connectivity index (χ1) is 49.8. The van der Waals surface area contributed by atoms with Crippen LogP contribution in [-0.4, -0.2) is 96.7 Å². The van der Waals surface area contributed by atoms with Crippen molar-refractivity contribution in [1.82, 2.24) is 0 Å². The molecular weight excluding hydrogens is 1340 g/mol. The van der Waals surface area contributed by atoms with Crippen molar-refractivity contribution in [2.75, 3.05) is 39.6 Å². The van der Waals surface area contributed by atoms with E-state index >= 15 is 0 Å². The second kappa shape index (κ2) is 74.2. The molecule has 17 nitrogen and oxygen atoms in total. The molecule has 0 fully saturated rings. The lowest BCUT2D eigenvalue weighted by Gasteiger charge is -2.21. The van der Waals surface area contributed by atoms with Gasteiger partial charge >= 0.3 is 39.5 Å². The van der Waals surface area contributed by atoms with Crippen molar-refractivity contribution in [3.05, 3.63) is 0 Å². The molecule has 0 saturated heterocycles. The van der Waals surface area contributed by atoms with E-state index in [-0.39, 0.29) is 25.7 Å². The first kappa shape index (κ1) is 101. The predicted molar refractivity (Wildman–Crippen MR) is 423 cm³/mol. The van der Waals surface area contributed by atoms with Gasteiger partial charge in [0.2, 0.25) is 0 Å². The zero-order valence-electron chi connectivity index (χ0n) is 67.8. The molecule has 0 spiro atoms. The van der Waals surface area contributed by atoms with Gasteiger partial charge in [-0.2, -0.15) is 0 Å². The summed E-state index contributed by atoms with van der Waals surface area (Å²) in [5.41, 5.74) is 0. The summed E-state index contributed by atoms with van der Waals surface area (Å²) < 4.78 is 68.8. The average Bonchev–Trinajstić information content (AvgIpc) is 0.905. The summed E-state index contributed by atoms with van der Waals surface area (Å²) in [6.45, 7) is 12.0. The van der Waals surface area contributed by atoms with Gasteiger partial charge in [0.15, 0.2) is 12.2 Å². The first-order valence-corrected chi connectivity index (χ1v) is 46.4. The first-order valence-electron chi connectivity index (χ1n) is 43.4. The highest BCUT2D eigenvalue weighted by Crippen LogP contribution is 2.45. The summed E-state index contributed by atoms with van der Waals surface area (Å²) in [5, 5.41) is 10.7. The van der Waals surface area contributed by atoms with Crippen molar-refractivity contribution in [3.63, 3.8) is 0 Å². The van der Waals surface area contributed by atoms with Crippen LogP contribution in [0.15, 0.2) is 0 Å². The largest absolute Gasteiger partial charge is 0.472 e. The Kier molecular flexibility index (Phi) is 72.8. The number of hydrogen-bond donors (Lipinski definition) is 3. The van der Waals surface area contributed by atoms with Gasteiger partial charge in [0.05, 0.1) is 26.4 Å². The minimum atomic E-state index is -4.97. The van der Waals surface area contributed by atoms with Crippen molar-refractivity contribution in [3.8, 4) is 0 Å². The van der Waals surface area contributed by atoms with E-state index in [0.717, 1.165) is 108 Å². The third kappa shape index (κ3) is 76.6. The van der Waals surface area contributed by atoms with Crippen LogP contribution in [0.5, 0.6) is 0 Å². The van der Waals surface area contributed by atoms with Gasteiger partial charge < -0.3 is 33.8 Å². The lowest BCUT2D eigenvalue weighted by Crippen LogP contribution is -2.30. The highest BCUT2D eigenvalue weighted by atomic mass is 31.2. The number of aliphatic hydroxyl groups is 1. The molecule has 612 valence electrons. The van der Waals surface area contributed by atoms with E-state index in [1.807, 2.05) is 0 Å². The summed E-state index contributed by atoms with van der Waals surface area (Å²) in [5.74, 6) is 0.221. The molecule has 0 amide bonds. The molecule has 103 heavy (non-hydrogen) atoms. The van der Waals surface area contributed by atoms with Crippen molar-refractivity contribution < 1.29 is 80.2 Å². The zero-order chi connectivity index (χ0) is 75.8. The zero-order valence-corrected chi connectivity index (χ0v) is 69.6. The van der Waals surface area contributed by atoms with E-state index in [9.17, 15) is 43.2 Å². The van der Waals surface area contributed by atoms with E-state index in [2.05, 4.69) is 48.5 Å². The highest BCUT2D eigenvalue weighted by Gasteiger charge is 2.30. The van der Waals surface area contributed by atoms with Crippen molar-refractivity contribution in [2.45, 2.75) is 458 Å². The number of hydrogen-bond acceptors (Lipinski definition) is 15. The molecule has 3 unspecified atom stereocenters. The number of rotatable bonds is 82. The molecule has 6 atom stereocenters. The van der Waals surface area contributed by atoms with Crippen LogP contribution in [0.2, 0.25) is 0 Å². The third-order valence-corrected chi connectivity index (χ3v) is 21.9. The molecule has 0 saturated carbocycles. The van der Waals surface area contributed by atoms with Crippen LogP contribution in [-0.2, 0) is 65.4 Å². The molecule has 0 rings (SSSR count). The summed E-state index contributed by atoms with van der Waals surface area (Å²) in [4.78, 5) is 73.1. The lowest BCUT2D eigenvalue weighted by molar-refractivity contribution is -0.161. The van der Waals surface area contributed by atoms with Gasteiger partial charge in [-0.15, -0.1) is 0 Å².